The number of rotatable bonds is 3. The van der Waals surface area contributed by atoms with Crippen molar-refractivity contribution in [2.45, 2.75) is 0 Å². The maximum absolute atomic E-state index is 13.1. The Morgan fingerprint density at radius 1 is 1.28 bits per heavy atom. The Morgan fingerprint density at radius 3 is 2.83 bits per heavy atom. The van der Waals surface area contributed by atoms with Gasteiger partial charge in [0, 0.05) is 33.8 Å². The molecule has 1 aromatic heterocycles. The van der Waals surface area contributed by atoms with Crippen LogP contribution in [0.4, 0.5) is 11.4 Å². The van der Waals surface area contributed by atoms with E-state index in [9.17, 15) is 20.0 Å². The number of non-ortho nitro benzene ring substituents is 1. The van der Waals surface area contributed by atoms with Gasteiger partial charge in [-0.25, -0.2) is 0 Å². The number of pyridine rings is 1. The summed E-state index contributed by atoms with van der Waals surface area (Å²) in [7, 11) is 0. The number of fused-ring (bicyclic) bond motifs is 1. The molecule has 0 unspecified atom stereocenters. The van der Waals surface area contributed by atoms with E-state index in [0.717, 1.165) is 21.6 Å². The molecule has 0 spiro atoms. The highest BCUT2D eigenvalue weighted by atomic mass is 79.9. The first-order valence-electron chi connectivity index (χ1n) is 8.15. The highest BCUT2D eigenvalue weighted by molar-refractivity contribution is 9.10. The SMILES string of the molecule is O=C1/C(=C/c2cc([N+](=O)[O-])ccc2O)SC(=S)N1c1ccc(Br)c2cccnc12. The molecule has 1 fully saturated rings. The van der Waals surface area contributed by atoms with E-state index in [1.807, 2.05) is 12.1 Å². The molecule has 1 amide bonds. The van der Waals surface area contributed by atoms with Crippen molar-refractivity contribution in [1.82, 2.24) is 4.98 Å². The van der Waals surface area contributed by atoms with E-state index in [1.54, 1.807) is 18.3 Å². The molecule has 29 heavy (non-hydrogen) atoms. The van der Waals surface area contributed by atoms with E-state index in [0.29, 0.717) is 15.5 Å². The lowest BCUT2D eigenvalue weighted by Crippen LogP contribution is -2.27. The number of nitrogens with zero attached hydrogens (tertiary/aromatic N) is 3. The molecule has 0 bridgehead atoms. The van der Waals surface area contributed by atoms with Crippen LogP contribution >= 0.6 is 39.9 Å². The fraction of sp³-hybridized carbons (Fsp3) is 0. The van der Waals surface area contributed by atoms with E-state index in [-0.39, 0.29) is 27.8 Å². The van der Waals surface area contributed by atoms with Crippen LogP contribution in [0.1, 0.15) is 5.56 Å². The van der Waals surface area contributed by atoms with Crippen LogP contribution in [0.5, 0.6) is 5.75 Å². The van der Waals surface area contributed by atoms with Crippen LogP contribution in [0.3, 0.4) is 0 Å². The van der Waals surface area contributed by atoms with Gasteiger partial charge < -0.3 is 5.11 Å². The Morgan fingerprint density at radius 2 is 2.07 bits per heavy atom. The second-order valence-corrected chi connectivity index (χ2v) is 8.51. The van der Waals surface area contributed by atoms with Crippen LogP contribution in [0.2, 0.25) is 0 Å². The van der Waals surface area contributed by atoms with Gasteiger partial charge in [0.25, 0.3) is 11.6 Å². The molecule has 7 nitrogen and oxygen atoms in total. The summed E-state index contributed by atoms with van der Waals surface area (Å²) in [4.78, 5) is 29.5. The second kappa shape index (κ2) is 7.54. The summed E-state index contributed by atoms with van der Waals surface area (Å²) in [5, 5.41) is 21.9. The van der Waals surface area contributed by atoms with Crippen molar-refractivity contribution in [2.24, 2.45) is 0 Å². The van der Waals surface area contributed by atoms with Gasteiger partial charge in [0.1, 0.15) is 5.75 Å². The Labute approximate surface area is 182 Å². The number of aromatic hydroxyl groups is 1. The van der Waals surface area contributed by atoms with E-state index in [2.05, 4.69) is 20.9 Å². The van der Waals surface area contributed by atoms with Crippen molar-refractivity contribution in [3.8, 4) is 5.75 Å². The summed E-state index contributed by atoms with van der Waals surface area (Å²) < 4.78 is 1.15. The molecule has 144 valence electrons. The van der Waals surface area contributed by atoms with E-state index in [4.69, 9.17) is 12.2 Å². The minimum atomic E-state index is -0.568. The zero-order valence-corrected chi connectivity index (χ0v) is 17.6. The molecular weight excluding hydrogens is 478 g/mol. The van der Waals surface area contributed by atoms with Crippen molar-refractivity contribution >= 4 is 78.5 Å². The van der Waals surface area contributed by atoms with Crippen LogP contribution in [-0.4, -0.2) is 25.2 Å². The number of nitro benzene ring substituents is 1. The minimum absolute atomic E-state index is 0.165. The summed E-state index contributed by atoms with van der Waals surface area (Å²) in [6, 6.07) is 10.9. The number of benzene rings is 2. The lowest BCUT2D eigenvalue weighted by Gasteiger charge is -2.17. The predicted octanol–water partition coefficient (Wildman–Crippen LogP) is 5.02. The van der Waals surface area contributed by atoms with Crippen molar-refractivity contribution in [3.63, 3.8) is 0 Å². The van der Waals surface area contributed by atoms with Crippen LogP contribution in [0.15, 0.2) is 58.0 Å². The zero-order valence-electron chi connectivity index (χ0n) is 14.4. The number of carbonyl (C=O) groups excluding carboxylic acids is 1. The van der Waals surface area contributed by atoms with Crippen LogP contribution in [0.25, 0.3) is 17.0 Å². The third kappa shape index (κ3) is 3.50. The Bertz CT molecular complexity index is 1250. The standard InChI is InChI=1S/C19H10BrN3O4S2/c20-13-4-5-14(17-12(13)2-1-7-21-17)22-18(25)16(29-19(22)28)9-10-8-11(23(26)27)3-6-15(10)24/h1-9,24H/b16-9-. The Hall–Kier alpha value is -2.82. The summed E-state index contributed by atoms with van der Waals surface area (Å²) >= 11 is 9.94. The molecule has 1 aliphatic rings. The highest BCUT2D eigenvalue weighted by Crippen LogP contribution is 2.40. The first-order valence-corrected chi connectivity index (χ1v) is 10.2. The number of hydrogen-bond acceptors (Lipinski definition) is 7. The average Bonchev–Trinajstić information content (AvgIpc) is 2.97. The number of thioether (sulfide) groups is 1. The van der Waals surface area contributed by atoms with Crippen LogP contribution in [-0.2, 0) is 4.79 Å². The summed E-state index contributed by atoms with van der Waals surface area (Å²) in [6.45, 7) is 0. The van der Waals surface area contributed by atoms with Gasteiger partial charge in [-0.15, -0.1) is 0 Å². The molecule has 0 atom stereocenters. The number of thiocarbonyl (C=S) groups is 1. The predicted molar refractivity (Wildman–Crippen MR) is 120 cm³/mol. The third-order valence-corrected chi connectivity index (χ3v) is 6.23. The fourth-order valence-electron chi connectivity index (χ4n) is 2.89. The van der Waals surface area contributed by atoms with Crippen LogP contribution in [0, 0.1) is 10.1 Å². The molecule has 2 heterocycles. The van der Waals surface area contributed by atoms with Crippen molar-refractivity contribution < 1.29 is 14.8 Å². The molecule has 0 saturated carbocycles. The minimum Gasteiger partial charge on any atom is -0.507 e. The number of phenols is 1. The number of halogens is 1. The smallest absolute Gasteiger partial charge is 0.270 e. The zero-order chi connectivity index (χ0) is 20.7. The number of anilines is 1. The number of aromatic nitrogens is 1. The molecule has 10 heteroatoms. The second-order valence-electron chi connectivity index (χ2n) is 5.98. The largest absolute Gasteiger partial charge is 0.507 e. The molecule has 1 aliphatic heterocycles. The molecule has 4 rings (SSSR count). The van der Waals surface area contributed by atoms with Crippen molar-refractivity contribution in [3.05, 3.63) is 73.7 Å². The summed E-state index contributed by atoms with van der Waals surface area (Å²) in [6.07, 6.45) is 3.03. The van der Waals surface area contributed by atoms with Gasteiger partial charge in [-0.2, -0.15) is 0 Å². The first-order chi connectivity index (χ1) is 13.9. The van der Waals surface area contributed by atoms with E-state index >= 15 is 0 Å². The highest BCUT2D eigenvalue weighted by Gasteiger charge is 2.35. The molecule has 0 radical (unpaired) electrons. The molecule has 2 aromatic carbocycles. The molecule has 1 saturated heterocycles. The number of amides is 1. The lowest BCUT2D eigenvalue weighted by atomic mass is 10.1. The van der Waals surface area contributed by atoms with Gasteiger partial charge in [0.05, 0.1) is 21.0 Å². The van der Waals surface area contributed by atoms with Gasteiger partial charge in [-0.3, -0.25) is 24.8 Å². The van der Waals surface area contributed by atoms with Gasteiger partial charge in [-0.05, 0) is 30.3 Å². The first kappa shape index (κ1) is 19.5. The Kier molecular flexibility index (Phi) is 5.07. The third-order valence-electron chi connectivity index (χ3n) is 4.24. The molecular formula is C19H10BrN3O4S2. The topological polar surface area (TPSA) is 96.6 Å². The fourth-order valence-corrected chi connectivity index (χ4v) is 4.62. The van der Waals surface area contributed by atoms with Crippen molar-refractivity contribution in [1.29, 1.82) is 0 Å². The summed E-state index contributed by atoms with van der Waals surface area (Å²) in [5.41, 5.74) is 1.13. The maximum atomic E-state index is 13.1. The Balaban J connectivity index is 1.78. The normalized spacial score (nSPS) is 15.5. The average molecular weight is 488 g/mol. The van der Waals surface area contributed by atoms with Gasteiger partial charge in [-0.1, -0.05) is 46.0 Å². The number of hydrogen-bond donors (Lipinski definition) is 1. The maximum Gasteiger partial charge on any atom is 0.270 e. The van der Waals surface area contributed by atoms with Gasteiger partial charge in [0.2, 0.25) is 0 Å². The van der Waals surface area contributed by atoms with E-state index < -0.39 is 4.92 Å². The van der Waals surface area contributed by atoms with Gasteiger partial charge >= 0.3 is 0 Å². The van der Waals surface area contributed by atoms with Crippen LogP contribution < -0.4 is 4.90 Å². The lowest BCUT2D eigenvalue weighted by molar-refractivity contribution is -0.384. The molecule has 0 aliphatic carbocycles. The van der Waals surface area contributed by atoms with Gasteiger partial charge in [0.15, 0.2) is 4.32 Å². The summed E-state index contributed by atoms with van der Waals surface area (Å²) in [5.74, 6) is -0.559. The van der Waals surface area contributed by atoms with E-state index in [1.165, 1.54) is 29.2 Å². The number of nitro groups is 1. The number of phenolic OH excluding ortho intramolecular Hbond substituents is 1. The molecule has 1 N–H and O–H groups in total. The number of carbonyl (C=O) groups is 1. The quantitative estimate of drug-likeness (QED) is 0.239. The monoisotopic (exact) mass is 487 g/mol. The molecule has 3 aromatic rings. The van der Waals surface area contributed by atoms with Crippen molar-refractivity contribution in [2.75, 3.05) is 4.90 Å².